The predicted octanol–water partition coefficient (Wildman–Crippen LogP) is 0.914. The Morgan fingerprint density at radius 3 is 2.44 bits per heavy atom. The molecule has 1 saturated carbocycles. The molecule has 1 aliphatic rings. The minimum Gasteiger partial charge on any atom is -0.383 e. The fourth-order valence-corrected chi connectivity index (χ4v) is 1.56. The molecule has 0 bridgehead atoms. The first-order valence-corrected chi connectivity index (χ1v) is 6.10. The van der Waals surface area contributed by atoms with Crippen LogP contribution in [0.15, 0.2) is 0 Å². The molecule has 0 aromatic heterocycles. The number of carbonyl (C=O) groups is 1. The van der Waals surface area contributed by atoms with Crippen molar-refractivity contribution in [2.75, 3.05) is 13.7 Å². The largest absolute Gasteiger partial charge is 0.383 e. The number of hydrogen-bond donors (Lipinski definition) is 2. The molecule has 0 spiro atoms. The van der Waals surface area contributed by atoms with Crippen LogP contribution < -0.4 is 10.6 Å². The van der Waals surface area contributed by atoms with Gasteiger partial charge < -0.3 is 15.4 Å². The third kappa shape index (κ3) is 4.49. The third-order valence-electron chi connectivity index (χ3n) is 2.93. The van der Waals surface area contributed by atoms with Crippen molar-refractivity contribution in [3.63, 3.8) is 0 Å². The Labute approximate surface area is 98.1 Å². The summed E-state index contributed by atoms with van der Waals surface area (Å²) in [6.45, 7) is 6.80. The molecular formula is C12H24N2O2. The summed E-state index contributed by atoms with van der Waals surface area (Å²) < 4.78 is 5.15. The summed E-state index contributed by atoms with van der Waals surface area (Å²) >= 11 is 0. The predicted molar refractivity (Wildman–Crippen MR) is 64.3 cm³/mol. The fourth-order valence-electron chi connectivity index (χ4n) is 1.56. The highest BCUT2D eigenvalue weighted by Crippen LogP contribution is 2.18. The van der Waals surface area contributed by atoms with E-state index in [4.69, 9.17) is 4.74 Å². The second-order valence-corrected chi connectivity index (χ2v) is 4.98. The van der Waals surface area contributed by atoms with Crippen LogP contribution in [0.5, 0.6) is 0 Å². The van der Waals surface area contributed by atoms with Crippen molar-refractivity contribution in [3.05, 3.63) is 0 Å². The molecule has 1 fully saturated rings. The maximum Gasteiger partial charge on any atom is 0.237 e. The fraction of sp³-hybridized carbons (Fsp3) is 0.917. The highest BCUT2D eigenvalue weighted by molar-refractivity contribution is 5.81. The SMILES string of the molecule is COCC(NC(C)C(=O)NC1CC1)C(C)C. The Kier molecular flexibility index (Phi) is 5.22. The van der Waals surface area contributed by atoms with Crippen molar-refractivity contribution in [2.45, 2.75) is 51.7 Å². The normalized spacial score (nSPS) is 19.6. The van der Waals surface area contributed by atoms with Gasteiger partial charge in [0.05, 0.1) is 12.6 Å². The molecule has 1 amide bonds. The van der Waals surface area contributed by atoms with Crippen molar-refractivity contribution in [2.24, 2.45) is 5.92 Å². The van der Waals surface area contributed by atoms with Crippen LogP contribution in [-0.4, -0.2) is 37.7 Å². The molecule has 0 radical (unpaired) electrons. The molecule has 0 aromatic rings. The van der Waals surface area contributed by atoms with Gasteiger partial charge in [0.2, 0.25) is 5.91 Å². The zero-order chi connectivity index (χ0) is 12.1. The summed E-state index contributed by atoms with van der Waals surface area (Å²) in [5.41, 5.74) is 0. The minimum absolute atomic E-state index is 0.101. The van der Waals surface area contributed by atoms with Gasteiger partial charge in [0, 0.05) is 19.2 Å². The first-order valence-electron chi connectivity index (χ1n) is 6.10. The van der Waals surface area contributed by atoms with Crippen LogP contribution >= 0.6 is 0 Å². The van der Waals surface area contributed by atoms with E-state index in [2.05, 4.69) is 24.5 Å². The number of hydrogen-bond acceptors (Lipinski definition) is 3. The molecule has 0 aliphatic heterocycles. The monoisotopic (exact) mass is 228 g/mol. The van der Waals surface area contributed by atoms with Crippen LogP contribution in [0.3, 0.4) is 0 Å². The quantitative estimate of drug-likeness (QED) is 0.681. The van der Waals surface area contributed by atoms with Crippen LogP contribution in [0.2, 0.25) is 0 Å². The minimum atomic E-state index is -0.150. The molecule has 4 heteroatoms. The summed E-state index contributed by atoms with van der Waals surface area (Å²) in [6, 6.07) is 0.504. The van der Waals surface area contributed by atoms with E-state index in [0.717, 1.165) is 12.8 Å². The molecule has 1 rings (SSSR count). The molecule has 2 N–H and O–H groups in total. The van der Waals surface area contributed by atoms with E-state index >= 15 is 0 Å². The Balaban J connectivity index is 2.33. The van der Waals surface area contributed by atoms with E-state index in [9.17, 15) is 4.79 Å². The van der Waals surface area contributed by atoms with E-state index in [1.54, 1.807) is 7.11 Å². The summed E-state index contributed by atoms with van der Waals surface area (Å²) in [5, 5.41) is 6.31. The van der Waals surface area contributed by atoms with Crippen LogP contribution in [0.4, 0.5) is 0 Å². The second kappa shape index (κ2) is 6.21. The van der Waals surface area contributed by atoms with Crippen molar-refractivity contribution < 1.29 is 9.53 Å². The first kappa shape index (κ1) is 13.5. The number of ether oxygens (including phenoxy) is 1. The van der Waals surface area contributed by atoms with Crippen molar-refractivity contribution in [1.29, 1.82) is 0 Å². The lowest BCUT2D eigenvalue weighted by atomic mass is 10.0. The molecule has 1 aliphatic carbocycles. The molecule has 2 atom stereocenters. The molecule has 0 heterocycles. The van der Waals surface area contributed by atoms with Crippen LogP contribution in [-0.2, 0) is 9.53 Å². The summed E-state index contributed by atoms with van der Waals surface area (Å²) in [7, 11) is 1.69. The highest BCUT2D eigenvalue weighted by atomic mass is 16.5. The molecule has 16 heavy (non-hydrogen) atoms. The molecule has 94 valence electrons. The lowest BCUT2D eigenvalue weighted by Gasteiger charge is -2.25. The third-order valence-corrected chi connectivity index (χ3v) is 2.93. The average Bonchev–Trinajstić information content (AvgIpc) is 3.00. The van der Waals surface area contributed by atoms with Gasteiger partial charge in [-0.1, -0.05) is 13.8 Å². The highest BCUT2D eigenvalue weighted by Gasteiger charge is 2.27. The molecule has 2 unspecified atom stereocenters. The van der Waals surface area contributed by atoms with E-state index in [0.29, 0.717) is 18.6 Å². The standard InChI is InChI=1S/C12H24N2O2/c1-8(2)11(7-16-4)13-9(3)12(15)14-10-5-6-10/h8-11,13H,5-7H2,1-4H3,(H,14,15). The molecule has 0 aromatic carbocycles. The Morgan fingerprint density at radius 2 is 2.00 bits per heavy atom. The van der Waals surface area contributed by atoms with Crippen molar-refractivity contribution in [3.8, 4) is 0 Å². The first-order chi connectivity index (χ1) is 7.54. The average molecular weight is 228 g/mol. The Morgan fingerprint density at radius 1 is 1.38 bits per heavy atom. The van der Waals surface area contributed by atoms with Gasteiger partial charge in [0.15, 0.2) is 0 Å². The second-order valence-electron chi connectivity index (χ2n) is 4.98. The van der Waals surface area contributed by atoms with Gasteiger partial charge in [-0.3, -0.25) is 4.79 Å². The van der Waals surface area contributed by atoms with Crippen LogP contribution in [0.1, 0.15) is 33.6 Å². The number of amides is 1. The Hall–Kier alpha value is -0.610. The number of rotatable bonds is 7. The van der Waals surface area contributed by atoms with Gasteiger partial charge in [-0.05, 0) is 25.7 Å². The van der Waals surface area contributed by atoms with Crippen LogP contribution in [0.25, 0.3) is 0 Å². The molecule has 0 saturated heterocycles. The van der Waals surface area contributed by atoms with Gasteiger partial charge in [0.1, 0.15) is 0 Å². The number of carbonyl (C=O) groups excluding carboxylic acids is 1. The summed E-state index contributed by atoms with van der Waals surface area (Å²) in [6.07, 6.45) is 2.26. The zero-order valence-corrected chi connectivity index (χ0v) is 10.7. The summed E-state index contributed by atoms with van der Waals surface area (Å²) in [5.74, 6) is 0.556. The lowest BCUT2D eigenvalue weighted by molar-refractivity contribution is -0.123. The lowest BCUT2D eigenvalue weighted by Crippen LogP contribution is -2.50. The van der Waals surface area contributed by atoms with Crippen LogP contribution in [0, 0.1) is 5.92 Å². The van der Waals surface area contributed by atoms with Gasteiger partial charge in [0.25, 0.3) is 0 Å². The zero-order valence-electron chi connectivity index (χ0n) is 10.7. The van der Waals surface area contributed by atoms with Gasteiger partial charge in [-0.15, -0.1) is 0 Å². The topological polar surface area (TPSA) is 50.4 Å². The van der Waals surface area contributed by atoms with Gasteiger partial charge >= 0.3 is 0 Å². The van der Waals surface area contributed by atoms with E-state index in [1.807, 2.05) is 6.92 Å². The van der Waals surface area contributed by atoms with E-state index in [-0.39, 0.29) is 18.0 Å². The molecule has 4 nitrogen and oxygen atoms in total. The summed E-state index contributed by atoms with van der Waals surface area (Å²) in [4.78, 5) is 11.7. The smallest absolute Gasteiger partial charge is 0.237 e. The maximum absolute atomic E-state index is 11.7. The van der Waals surface area contributed by atoms with E-state index in [1.165, 1.54) is 0 Å². The van der Waals surface area contributed by atoms with Crippen molar-refractivity contribution in [1.82, 2.24) is 10.6 Å². The maximum atomic E-state index is 11.7. The van der Waals surface area contributed by atoms with Crippen molar-refractivity contribution >= 4 is 5.91 Å². The number of nitrogens with one attached hydrogen (secondary N) is 2. The Bertz CT molecular complexity index is 227. The van der Waals surface area contributed by atoms with E-state index < -0.39 is 0 Å². The van der Waals surface area contributed by atoms with Gasteiger partial charge in [-0.2, -0.15) is 0 Å². The molecular weight excluding hydrogens is 204 g/mol. The number of methoxy groups -OCH3 is 1. The van der Waals surface area contributed by atoms with Gasteiger partial charge in [-0.25, -0.2) is 0 Å².